The van der Waals surface area contributed by atoms with E-state index in [0.717, 1.165) is 40.2 Å². The molecule has 0 saturated carbocycles. The first-order chi connectivity index (χ1) is 12.7. The van der Waals surface area contributed by atoms with Gasteiger partial charge >= 0.3 is 0 Å². The predicted molar refractivity (Wildman–Crippen MR) is 109 cm³/mol. The molecule has 0 saturated heterocycles. The molecule has 0 aliphatic rings. The molecule has 1 amide bonds. The zero-order valence-corrected chi connectivity index (χ0v) is 16.1. The normalized spacial score (nSPS) is 10.7. The summed E-state index contributed by atoms with van der Waals surface area (Å²) in [6.07, 6.45) is 2.59. The average molecular weight is 365 g/mol. The molecule has 2 aromatic carbocycles. The minimum atomic E-state index is 0.124. The summed E-state index contributed by atoms with van der Waals surface area (Å²) >= 11 is 1.65. The molecule has 1 N–H and O–H groups in total. The number of nitrogens with one attached hydrogen (secondary N) is 1. The van der Waals surface area contributed by atoms with E-state index in [0.29, 0.717) is 13.0 Å². The zero-order chi connectivity index (χ0) is 18.4. The van der Waals surface area contributed by atoms with Gasteiger partial charge < -0.3 is 5.32 Å². The maximum atomic E-state index is 11.7. The van der Waals surface area contributed by atoms with Crippen LogP contribution in [-0.2, 0) is 11.3 Å². The number of thiazole rings is 1. The first kappa shape index (κ1) is 18.3. The van der Waals surface area contributed by atoms with Gasteiger partial charge in [-0.05, 0) is 18.9 Å². The number of aromatic nitrogens is 1. The highest BCUT2D eigenvalue weighted by Gasteiger charge is 2.07. The van der Waals surface area contributed by atoms with Crippen molar-refractivity contribution in [3.63, 3.8) is 0 Å². The Morgan fingerprint density at radius 1 is 1.04 bits per heavy atom. The second-order valence-electron chi connectivity index (χ2n) is 6.48. The SMILES string of the molecule is CCCCC(=O)NCc1ccc(-c2nc(-c3ccc(C)cc3)cs2)cc1. The lowest BCUT2D eigenvalue weighted by molar-refractivity contribution is -0.121. The van der Waals surface area contributed by atoms with Gasteiger partial charge in [0, 0.05) is 29.5 Å². The van der Waals surface area contributed by atoms with Gasteiger partial charge in [-0.1, -0.05) is 67.4 Å². The van der Waals surface area contributed by atoms with Crippen molar-refractivity contribution >= 4 is 17.2 Å². The first-order valence-electron chi connectivity index (χ1n) is 9.04. The number of unbranched alkanes of at least 4 members (excludes halogenated alkanes) is 1. The van der Waals surface area contributed by atoms with Crippen LogP contribution in [0.1, 0.15) is 37.3 Å². The molecule has 0 spiro atoms. The van der Waals surface area contributed by atoms with Crippen molar-refractivity contribution in [2.24, 2.45) is 0 Å². The van der Waals surface area contributed by atoms with Gasteiger partial charge in [-0.3, -0.25) is 4.79 Å². The maximum absolute atomic E-state index is 11.7. The number of aryl methyl sites for hydroxylation is 1. The molecule has 4 heteroatoms. The standard InChI is InChI=1S/C22H24N2OS/c1-3-4-5-21(25)23-14-17-8-12-19(13-9-17)22-24-20(15-26-22)18-10-6-16(2)7-11-18/h6-13,15H,3-5,14H2,1-2H3,(H,23,25). The van der Waals surface area contributed by atoms with Crippen molar-refractivity contribution in [2.45, 2.75) is 39.7 Å². The Hall–Kier alpha value is -2.46. The van der Waals surface area contributed by atoms with Crippen LogP contribution >= 0.6 is 11.3 Å². The van der Waals surface area contributed by atoms with E-state index < -0.39 is 0 Å². The molecule has 0 aliphatic heterocycles. The number of benzene rings is 2. The van der Waals surface area contributed by atoms with Gasteiger partial charge in [0.2, 0.25) is 5.91 Å². The minimum Gasteiger partial charge on any atom is -0.352 e. The van der Waals surface area contributed by atoms with Crippen LogP contribution in [-0.4, -0.2) is 10.9 Å². The first-order valence-corrected chi connectivity index (χ1v) is 9.92. The lowest BCUT2D eigenvalue weighted by Gasteiger charge is -2.05. The van der Waals surface area contributed by atoms with E-state index in [2.05, 4.69) is 73.1 Å². The summed E-state index contributed by atoms with van der Waals surface area (Å²) in [4.78, 5) is 16.5. The van der Waals surface area contributed by atoms with E-state index in [4.69, 9.17) is 4.98 Å². The summed E-state index contributed by atoms with van der Waals surface area (Å²) in [5.41, 5.74) is 5.62. The van der Waals surface area contributed by atoms with E-state index in [1.807, 2.05) is 0 Å². The molecule has 0 radical (unpaired) electrons. The highest BCUT2D eigenvalue weighted by Crippen LogP contribution is 2.29. The number of carbonyl (C=O) groups excluding carboxylic acids is 1. The second kappa shape index (κ2) is 8.77. The summed E-state index contributed by atoms with van der Waals surface area (Å²) in [5, 5.41) is 6.08. The van der Waals surface area contributed by atoms with Crippen molar-refractivity contribution in [3.8, 4) is 21.8 Å². The van der Waals surface area contributed by atoms with Crippen molar-refractivity contribution in [2.75, 3.05) is 0 Å². The van der Waals surface area contributed by atoms with Crippen molar-refractivity contribution in [3.05, 3.63) is 65.0 Å². The quantitative estimate of drug-likeness (QED) is 0.593. The molecule has 134 valence electrons. The summed E-state index contributed by atoms with van der Waals surface area (Å²) in [6.45, 7) is 4.76. The van der Waals surface area contributed by atoms with Gasteiger partial charge in [-0.15, -0.1) is 11.3 Å². The molecular formula is C22H24N2OS. The van der Waals surface area contributed by atoms with E-state index >= 15 is 0 Å². The Morgan fingerprint density at radius 2 is 1.73 bits per heavy atom. The number of carbonyl (C=O) groups is 1. The van der Waals surface area contributed by atoms with Crippen LogP contribution in [0.5, 0.6) is 0 Å². The Labute approximate surface area is 159 Å². The summed E-state index contributed by atoms with van der Waals surface area (Å²) < 4.78 is 0. The molecule has 0 bridgehead atoms. The molecule has 3 aromatic rings. The number of hydrogen-bond acceptors (Lipinski definition) is 3. The van der Waals surface area contributed by atoms with Crippen LogP contribution < -0.4 is 5.32 Å². The number of nitrogens with zero attached hydrogens (tertiary/aromatic N) is 1. The van der Waals surface area contributed by atoms with E-state index in [1.165, 1.54) is 5.56 Å². The van der Waals surface area contributed by atoms with Crippen LogP contribution in [0.25, 0.3) is 21.8 Å². The molecule has 0 aliphatic carbocycles. The van der Waals surface area contributed by atoms with E-state index in [-0.39, 0.29) is 5.91 Å². The Kier molecular flexibility index (Phi) is 6.18. The fourth-order valence-corrected chi connectivity index (χ4v) is 3.49. The molecular weight excluding hydrogens is 340 g/mol. The van der Waals surface area contributed by atoms with Crippen LogP contribution in [0.15, 0.2) is 53.9 Å². The van der Waals surface area contributed by atoms with Crippen LogP contribution in [0.3, 0.4) is 0 Å². The molecule has 0 fully saturated rings. The minimum absolute atomic E-state index is 0.124. The third-order valence-electron chi connectivity index (χ3n) is 4.30. The van der Waals surface area contributed by atoms with Gasteiger partial charge in [0.1, 0.15) is 5.01 Å². The Bertz CT molecular complexity index is 851. The van der Waals surface area contributed by atoms with Crippen molar-refractivity contribution in [1.82, 2.24) is 10.3 Å². The van der Waals surface area contributed by atoms with E-state index in [9.17, 15) is 4.79 Å². The van der Waals surface area contributed by atoms with Crippen molar-refractivity contribution < 1.29 is 4.79 Å². The summed E-state index contributed by atoms with van der Waals surface area (Å²) in [7, 11) is 0. The molecule has 3 nitrogen and oxygen atoms in total. The molecule has 3 rings (SSSR count). The van der Waals surface area contributed by atoms with Crippen LogP contribution in [0.4, 0.5) is 0 Å². The summed E-state index contributed by atoms with van der Waals surface area (Å²) in [6, 6.07) is 16.7. The number of rotatable bonds is 7. The van der Waals surface area contributed by atoms with Gasteiger partial charge in [0.05, 0.1) is 5.69 Å². The zero-order valence-electron chi connectivity index (χ0n) is 15.3. The maximum Gasteiger partial charge on any atom is 0.220 e. The smallest absolute Gasteiger partial charge is 0.220 e. The monoisotopic (exact) mass is 364 g/mol. The highest BCUT2D eigenvalue weighted by molar-refractivity contribution is 7.13. The molecule has 0 unspecified atom stereocenters. The Balaban J connectivity index is 1.64. The van der Waals surface area contributed by atoms with Crippen LogP contribution in [0.2, 0.25) is 0 Å². The van der Waals surface area contributed by atoms with Gasteiger partial charge in [-0.2, -0.15) is 0 Å². The lowest BCUT2D eigenvalue weighted by atomic mass is 10.1. The molecule has 1 aromatic heterocycles. The fourth-order valence-electron chi connectivity index (χ4n) is 2.65. The number of hydrogen-bond donors (Lipinski definition) is 1. The predicted octanol–water partition coefficient (Wildman–Crippen LogP) is 5.59. The molecule has 0 atom stereocenters. The van der Waals surface area contributed by atoms with Crippen molar-refractivity contribution in [1.29, 1.82) is 0 Å². The van der Waals surface area contributed by atoms with Crippen LogP contribution in [0, 0.1) is 6.92 Å². The lowest BCUT2D eigenvalue weighted by Crippen LogP contribution is -2.22. The second-order valence-corrected chi connectivity index (χ2v) is 7.34. The molecule has 26 heavy (non-hydrogen) atoms. The largest absolute Gasteiger partial charge is 0.352 e. The summed E-state index contributed by atoms with van der Waals surface area (Å²) in [5.74, 6) is 0.124. The molecule has 1 heterocycles. The number of amides is 1. The van der Waals surface area contributed by atoms with Gasteiger partial charge in [-0.25, -0.2) is 4.98 Å². The van der Waals surface area contributed by atoms with Gasteiger partial charge in [0.15, 0.2) is 0 Å². The van der Waals surface area contributed by atoms with E-state index in [1.54, 1.807) is 11.3 Å². The Morgan fingerprint density at radius 3 is 2.42 bits per heavy atom. The highest BCUT2D eigenvalue weighted by atomic mass is 32.1. The average Bonchev–Trinajstić information content (AvgIpc) is 3.16. The third-order valence-corrected chi connectivity index (χ3v) is 5.19. The van der Waals surface area contributed by atoms with Gasteiger partial charge in [0.25, 0.3) is 0 Å². The third kappa shape index (κ3) is 4.79. The topological polar surface area (TPSA) is 42.0 Å². The fraction of sp³-hybridized carbons (Fsp3) is 0.273.